The molecule has 0 spiro atoms. The summed E-state index contributed by atoms with van der Waals surface area (Å²) in [5, 5.41) is 0. The van der Waals surface area contributed by atoms with E-state index in [0.717, 1.165) is 17.0 Å². The molecule has 17 heavy (non-hydrogen) atoms. The fourth-order valence-electron chi connectivity index (χ4n) is 1.91. The minimum atomic E-state index is -0.0702. The van der Waals surface area contributed by atoms with Gasteiger partial charge in [0.15, 0.2) is 0 Å². The molecule has 3 heteroatoms. The average molecular weight is 228 g/mol. The molecular weight excluding hydrogens is 212 g/mol. The minimum Gasteiger partial charge on any atom is -0.274 e. The quantitative estimate of drug-likeness (QED) is 0.842. The molecule has 0 bridgehead atoms. The van der Waals surface area contributed by atoms with E-state index >= 15 is 0 Å². The molecule has 88 valence electrons. The van der Waals surface area contributed by atoms with Crippen LogP contribution in [0.5, 0.6) is 0 Å². The van der Waals surface area contributed by atoms with Gasteiger partial charge in [0.05, 0.1) is 5.69 Å². The standard InChI is InChI=1S/C14H16N2O/c1-10-6-4-5-7-13(10)14-9-8-11(2)16(14)15-12(3)17/h4-9H,1-3H3,(H,15,17). The Bertz CT molecular complexity index is 555. The molecule has 2 rings (SSSR count). The lowest BCUT2D eigenvalue weighted by Crippen LogP contribution is -2.21. The van der Waals surface area contributed by atoms with Gasteiger partial charge in [-0.15, -0.1) is 0 Å². The van der Waals surface area contributed by atoms with Crippen LogP contribution < -0.4 is 5.43 Å². The van der Waals surface area contributed by atoms with Gasteiger partial charge in [0, 0.05) is 18.2 Å². The highest BCUT2D eigenvalue weighted by molar-refractivity contribution is 5.82. The summed E-state index contributed by atoms with van der Waals surface area (Å²) < 4.78 is 1.82. The molecule has 1 aromatic heterocycles. The number of nitrogens with zero attached hydrogens (tertiary/aromatic N) is 1. The lowest BCUT2D eigenvalue weighted by atomic mass is 10.1. The Morgan fingerprint density at radius 3 is 2.47 bits per heavy atom. The Hall–Kier alpha value is -2.03. The maximum Gasteiger partial charge on any atom is 0.235 e. The van der Waals surface area contributed by atoms with Crippen molar-refractivity contribution in [2.45, 2.75) is 20.8 Å². The second-order valence-electron chi connectivity index (χ2n) is 4.18. The number of carbonyl (C=O) groups excluding carboxylic acids is 1. The second kappa shape index (κ2) is 4.45. The highest BCUT2D eigenvalue weighted by Crippen LogP contribution is 2.24. The minimum absolute atomic E-state index is 0.0702. The normalized spacial score (nSPS) is 10.3. The molecular formula is C14H16N2O. The zero-order chi connectivity index (χ0) is 12.4. The molecule has 1 amide bonds. The van der Waals surface area contributed by atoms with Crippen LogP contribution in [0.1, 0.15) is 18.2 Å². The number of aromatic nitrogens is 1. The number of hydrogen-bond donors (Lipinski definition) is 1. The number of hydrogen-bond acceptors (Lipinski definition) is 1. The monoisotopic (exact) mass is 228 g/mol. The summed E-state index contributed by atoms with van der Waals surface area (Å²) in [6.45, 7) is 5.55. The lowest BCUT2D eigenvalue weighted by Gasteiger charge is -2.13. The summed E-state index contributed by atoms with van der Waals surface area (Å²) in [6.07, 6.45) is 0. The van der Waals surface area contributed by atoms with Crippen LogP contribution in [-0.4, -0.2) is 10.6 Å². The van der Waals surface area contributed by atoms with Crippen LogP contribution in [0.15, 0.2) is 36.4 Å². The lowest BCUT2D eigenvalue weighted by molar-refractivity contribution is -0.115. The fraction of sp³-hybridized carbons (Fsp3) is 0.214. The third-order valence-electron chi connectivity index (χ3n) is 2.77. The van der Waals surface area contributed by atoms with Gasteiger partial charge in [0.25, 0.3) is 0 Å². The summed E-state index contributed by atoms with van der Waals surface area (Å²) in [5.41, 5.74) is 7.17. The van der Waals surface area contributed by atoms with Crippen LogP contribution in [0, 0.1) is 13.8 Å². The predicted octanol–water partition coefficient (Wildman–Crippen LogP) is 2.86. The number of nitrogens with one attached hydrogen (secondary N) is 1. The first-order valence-electron chi connectivity index (χ1n) is 5.61. The van der Waals surface area contributed by atoms with Gasteiger partial charge in [-0.3, -0.25) is 14.9 Å². The topological polar surface area (TPSA) is 34.0 Å². The molecule has 0 aliphatic carbocycles. The Kier molecular flexibility index (Phi) is 3.00. The number of carbonyl (C=O) groups is 1. The van der Waals surface area contributed by atoms with Crippen molar-refractivity contribution in [3.8, 4) is 11.3 Å². The van der Waals surface area contributed by atoms with Crippen molar-refractivity contribution >= 4 is 5.91 Å². The Labute approximate surface area is 101 Å². The summed E-state index contributed by atoms with van der Waals surface area (Å²) in [5.74, 6) is -0.0702. The SMILES string of the molecule is CC(=O)Nn1c(C)ccc1-c1ccccc1C. The van der Waals surface area contributed by atoms with Crippen molar-refractivity contribution < 1.29 is 4.79 Å². The molecule has 0 radical (unpaired) electrons. The third-order valence-corrected chi connectivity index (χ3v) is 2.77. The number of rotatable bonds is 2. The largest absolute Gasteiger partial charge is 0.274 e. The van der Waals surface area contributed by atoms with Crippen molar-refractivity contribution in [1.82, 2.24) is 4.68 Å². The Balaban J connectivity index is 2.53. The van der Waals surface area contributed by atoms with E-state index in [2.05, 4.69) is 24.5 Å². The molecule has 1 heterocycles. The molecule has 0 unspecified atom stereocenters. The van der Waals surface area contributed by atoms with E-state index in [-0.39, 0.29) is 5.91 Å². The van der Waals surface area contributed by atoms with Crippen LogP contribution >= 0.6 is 0 Å². The fourth-order valence-corrected chi connectivity index (χ4v) is 1.91. The van der Waals surface area contributed by atoms with Gasteiger partial charge in [-0.25, -0.2) is 0 Å². The summed E-state index contributed by atoms with van der Waals surface area (Å²) in [6, 6.07) is 12.2. The Morgan fingerprint density at radius 2 is 1.82 bits per heavy atom. The third kappa shape index (κ3) is 2.23. The maximum absolute atomic E-state index is 11.2. The predicted molar refractivity (Wildman–Crippen MR) is 69.4 cm³/mol. The van der Waals surface area contributed by atoms with E-state index in [9.17, 15) is 4.79 Å². The number of benzene rings is 1. The van der Waals surface area contributed by atoms with Gasteiger partial charge in [-0.05, 0) is 31.5 Å². The van der Waals surface area contributed by atoms with Crippen molar-refractivity contribution in [2.24, 2.45) is 0 Å². The average Bonchev–Trinajstić information content (AvgIpc) is 2.61. The molecule has 1 aromatic carbocycles. The second-order valence-corrected chi connectivity index (χ2v) is 4.18. The number of aryl methyl sites for hydroxylation is 2. The molecule has 0 aliphatic heterocycles. The zero-order valence-electron chi connectivity index (χ0n) is 10.3. The van der Waals surface area contributed by atoms with E-state index in [1.54, 1.807) is 0 Å². The number of amides is 1. The van der Waals surface area contributed by atoms with Gasteiger partial charge in [-0.2, -0.15) is 0 Å². The van der Waals surface area contributed by atoms with E-state index in [0.29, 0.717) is 0 Å². The van der Waals surface area contributed by atoms with Gasteiger partial charge in [-0.1, -0.05) is 24.3 Å². The van der Waals surface area contributed by atoms with Crippen LogP contribution in [0.2, 0.25) is 0 Å². The molecule has 0 saturated heterocycles. The van der Waals surface area contributed by atoms with E-state index in [1.165, 1.54) is 12.5 Å². The Morgan fingerprint density at radius 1 is 1.12 bits per heavy atom. The first-order valence-corrected chi connectivity index (χ1v) is 5.61. The molecule has 3 nitrogen and oxygen atoms in total. The maximum atomic E-state index is 11.2. The zero-order valence-corrected chi connectivity index (χ0v) is 10.3. The van der Waals surface area contributed by atoms with Gasteiger partial charge in [0.2, 0.25) is 5.91 Å². The van der Waals surface area contributed by atoms with Gasteiger partial charge in [0.1, 0.15) is 0 Å². The first-order chi connectivity index (χ1) is 8.09. The van der Waals surface area contributed by atoms with Crippen LogP contribution in [-0.2, 0) is 4.79 Å². The molecule has 0 aliphatic rings. The molecule has 1 N–H and O–H groups in total. The van der Waals surface area contributed by atoms with E-state index in [4.69, 9.17) is 0 Å². The summed E-state index contributed by atoms with van der Waals surface area (Å²) >= 11 is 0. The highest BCUT2D eigenvalue weighted by Gasteiger charge is 2.09. The van der Waals surface area contributed by atoms with Crippen molar-refractivity contribution in [3.63, 3.8) is 0 Å². The summed E-state index contributed by atoms with van der Waals surface area (Å²) in [4.78, 5) is 11.2. The smallest absolute Gasteiger partial charge is 0.235 e. The van der Waals surface area contributed by atoms with Gasteiger partial charge >= 0.3 is 0 Å². The van der Waals surface area contributed by atoms with Crippen molar-refractivity contribution in [2.75, 3.05) is 5.43 Å². The van der Waals surface area contributed by atoms with E-state index < -0.39 is 0 Å². The molecule has 2 aromatic rings. The van der Waals surface area contributed by atoms with Crippen LogP contribution in [0.3, 0.4) is 0 Å². The molecule has 0 saturated carbocycles. The molecule has 0 atom stereocenters. The van der Waals surface area contributed by atoms with Crippen molar-refractivity contribution in [1.29, 1.82) is 0 Å². The van der Waals surface area contributed by atoms with Gasteiger partial charge < -0.3 is 0 Å². The first kappa shape index (κ1) is 11.5. The highest BCUT2D eigenvalue weighted by atomic mass is 16.2. The van der Waals surface area contributed by atoms with Crippen LogP contribution in [0.25, 0.3) is 11.3 Å². The van der Waals surface area contributed by atoms with Crippen molar-refractivity contribution in [3.05, 3.63) is 47.7 Å². The van der Waals surface area contributed by atoms with E-state index in [1.807, 2.05) is 35.9 Å². The van der Waals surface area contributed by atoms with Crippen LogP contribution in [0.4, 0.5) is 0 Å². The summed E-state index contributed by atoms with van der Waals surface area (Å²) in [7, 11) is 0. The molecule has 0 fully saturated rings.